The van der Waals surface area contributed by atoms with Gasteiger partial charge in [-0.1, -0.05) is 11.6 Å². The van der Waals surface area contributed by atoms with E-state index in [0.29, 0.717) is 5.92 Å². The van der Waals surface area contributed by atoms with Crippen LogP contribution < -0.4 is 0 Å². The SMILES string of the molecule is O=C(O)Cn1ccc([C@H]2CCCN(Cc3ccc(Cl)s3)C2)n1. The van der Waals surface area contributed by atoms with Gasteiger partial charge in [0, 0.05) is 30.1 Å². The minimum Gasteiger partial charge on any atom is -0.480 e. The monoisotopic (exact) mass is 339 g/mol. The van der Waals surface area contributed by atoms with Gasteiger partial charge in [0.1, 0.15) is 6.54 Å². The van der Waals surface area contributed by atoms with Crippen molar-refractivity contribution in [2.75, 3.05) is 13.1 Å². The largest absolute Gasteiger partial charge is 0.480 e. The maximum atomic E-state index is 10.7. The van der Waals surface area contributed by atoms with Crippen LogP contribution in [0.15, 0.2) is 24.4 Å². The first kappa shape index (κ1) is 15.5. The van der Waals surface area contributed by atoms with Gasteiger partial charge in [-0.2, -0.15) is 5.10 Å². The number of carbonyl (C=O) groups is 1. The maximum absolute atomic E-state index is 10.7. The maximum Gasteiger partial charge on any atom is 0.325 e. The van der Waals surface area contributed by atoms with Gasteiger partial charge in [-0.3, -0.25) is 14.4 Å². The fraction of sp³-hybridized carbons (Fsp3) is 0.467. The van der Waals surface area contributed by atoms with Crippen molar-refractivity contribution in [3.63, 3.8) is 0 Å². The molecule has 0 amide bonds. The van der Waals surface area contributed by atoms with Crippen LogP contribution in [-0.4, -0.2) is 38.8 Å². The lowest BCUT2D eigenvalue weighted by atomic mass is 9.95. The van der Waals surface area contributed by atoms with E-state index >= 15 is 0 Å². The highest BCUT2D eigenvalue weighted by molar-refractivity contribution is 7.16. The first-order valence-electron chi connectivity index (χ1n) is 7.32. The number of thiophene rings is 1. The number of hydrogen-bond acceptors (Lipinski definition) is 4. The summed E-state index contributed by atoms with van der Waals surface area (Å²) in [6, 6.07) is 5.97. The van der Waals surface area contributed by atoms with E-state index in [0.717, 1.165) is 42.5 Å². The molecule has 1 fully saturated rings. The molecule has 118 valence electrons. The van der Waals surface area contributed by atoms with Crippen molar-refractivity contribution in [1.29, 1.82) is 0 Å². The van der Waals surface area contributed by atoms with Crippen molar-refractivity contribution in [3.8, 4) is 0 Å². The average molecular weight is 340 g/mol. The number of nitrogens with zero attached hydrogens (tertiary/aromatic N) is 3. The summed E-state index contributed by atoms with van der Waals surface area (Å²) in [6.07, 6.45) is 3.99. The van der Waals surface area contributed by atoms with Crippen LogP contribution in [0.4, 0.5) is 0 Å². The summed E-state index contributed by atoms with van der Waals surface area (Å²) in [5.74, 6) is -0.492. The molecule has 0 saturated carbocycles. The molecule has 3 heterocycles. The molecular weight excluding hydrogens is 322 g/mol. The van der Waals surface area contributed by atoms with Crippen LogP contribution in [0.1, 0.15) is 29.3 Å². The van der Waals surface area contributed by atoms with E-state index in [9.17, 15) is 4.79 Å². The summed E-state index contributed by atoms with van der Waals surface area (Å²) in [4.78, 5) is 14.4. The third-order valence-electron chi connectivity index (χ3n) is 3.89. The van der Waals surface area contributed by atoms with Crippen molar-refractivity contribution in [2.45, 2.75) is 31.8 Å². The highest BCUT2D eigenvalue weighted by Gasteiger charge is 2.23. The lowest BCUT2D eigenvalue weighted by Crippen LogP contribution is -2.33. The van der Waals surface area contributed by atoms with Crippen molar-refractivity contribution in [1.82, 2.24) is 14.7 Å². The summed E-state index contributed by atoms with van der Waals surface area (Å²) < 4.78 is 2.33. The molecule has 0 radical (unpaired) electrons. The Kier molecular flexibility index (Phi) is 4.81. The molecule has 1 aliphatic heterocycles. The predicted octanol–water partition coefficient (Wildman–Crippen LogP) is 3.06. The van der Waals surface area contributed by atoms with Crippen LogP contribution in [0.5, 0.6) is 0 Å². The van der Waals surface area contributed by atoms with Gasteiger partial charge in [-0.15, -0.1) is 11.3 Å². The Bertz CT molecular complexity index is 655. The van der Waals surface area contributed by atoms with E-state index in [1.54, 1.807) is 17.5 Å². The first-order valence-corrected chi connectivity index (χ1v) is 8.51. The molecule has 1 saturated heterocycles. The van der Waals surface area contributed by atoms with Crippen LogP contribution in [0, 0.1) is 0 Å². The third-order valence-corrected chi connectivity index (χ3v) is 5.11. The number of aromatic nitrogens is 2. The topological polar surface area (TPSA) is 58.4 Å². The summed E-state index contributed by atoms with van der Waals surface area (Å²) in [5.41, 5.74) is 0.996. The van der Waals surface area contributed by atoms with Crippen LogP contribution in [-0.2, 0) is 17.9 Å². The van der Waals surface area contributed by atoms with Crippen molar-refractivity contribution >= 4 is 28.9 Å². The number of piperidine rings is 1. The molecule has 0 bridgehead atoms. The Morgan fingerprint density at radius 2 is 2.32 bits per heavy atom. The van der Waals surface area contributed by atoms with Gasteiger partial charge in [-0.25, -0.2) is 0 Å². The molecule has 1 atom stereocenters. The highest BCUT2D eigenvalue weighted by atomic mass is 35.5. The van der Waals surface area contributed by atoms with Crippen LogP contribution in [0.2, 0.25) is 4.34 Å². The van der Waals surface area contributed by atoms with Crippen LogP contribution in [0.3, 0.4) is 0 Å². The van der Waals surface area contributed by atoms with Gasteiger partial charge in [0.2, 0.25) is 0 Å². The molecule has 5 nitrogen and oxygen atoms in total. The van der Waals surface area contributed by atoms with Crippen LogP contribution >= 0.6 is 22.9 Å². The molecule has 0 aliphatic carbocycles. The Morgan fingerprint density at radius 1 is 1.45 bits per heavy atom. The molecule has 7 heteroatoms. The fourth-order valence-corrected chi connectivity index (χ4v) is 4.05. The Labute approximate surface area is 138 Å². The lowest BCUT2D eigenvalue weighted by Gasteiger charge is -2.31. The van der Waals surface area contributed by atoms with Gasteiger partial charge in [0.15, 0.2) is 0 Å². The standard InChI is InChI=1S/C15H18ClN3O2S/c16-14-4-3-12(22-14)9-18-6-1-2-11(8-18)13-5-7-19(17-13)10-15(20)21/h3-5,7,11H,1-2,6,8-10H2,(H,20,21)/t11-/m0/s1. The Morgan fingerprint density at radius 3 is 3.05 bits per heavy atom. The third kappa shape index (κ3) is 3.88. The first-order chi connectivity index (χ1) is 10.6. The highest BCUT2D eigenvalue weighted by Crippen LogP contribution is 2.28. The molecule has 3 rings (SSSR count). The zero-order valence-corrected chi connectivity index (χ0v) is 13.7. The average Bonchev–Trinajstić information content (AvgIpc) is 3.08. The molecule has 0 spiro atoms. The molecule has 2 aromatic heterocycles. The molecule has 22 heavy (non-hydrogen) atoms. The van der Waals surface area contributed by atoms with Crippen molar-refractivity contribution in [3.05, 3.63) is 39.3 Å². The second kappa shape index (κ2) is 6.81. The zero-order chi connectivity index (χ0) is 15.5. The summed E-state index contributed by atoms with van der Waals surface area (Å²) in [6.45, 7) is 2.88. The summed E-state index contributed by atoms with van der Waals surface area (Å²) in [5, 5.41) is 13.2. The number of aliphatic carboxylic acids is 1. The Balaban J connectivity index is 1.62. The number of halogens is 1. The Hall–Kier alpha value is -1.37. The zero-order valence-electron chi connectivity index (χ0n) is 12.1. The molecule has 1 aliphatic rings. The van der Waals surface area contributed by atoms with Crippen LogP contribution in [0.25, 0.3) is 0 Å². The molecule has 0 unspecified atom stereocenters. The molecule has 1 N–H and O–H groups in total. The quantitative estimate of drug-likeness (QED) is 0.909. The summed E-state index contributed by atoms with van der Waals surface area (Å²) >= 11 is 7.61. The van der Waals surface area contributed by atoms with E-state index in [4.69, 9.17) is 16.7 Å². The minimum absolute atomic E-state index is 0.0792. The van der Waals surface area contributed by atoms with E-state index in [-0.39, 0.29) is 6.54 Å². The van der Waals surface area contributed by atoms with E-state index < -0.39 is 5.97 Å². The number of hydrogen-bond donors (Lipinski definition) is 1. The number of rotatable bonds is 5. The molecular formula is C15H18ClN3O2S. The van der Waals surface area contributed by atoms with E-state index in [1.807, 2.05) is 12.1 Å². The van der Waals surface area contributed by atoms with Gasteiger partial charge in [0.25, 0.3) is 0 Å². The van der Waals surface area contributed by atoms with Crippen molar-refractivity contribution < 1.29 is 9.90 Å². The number of carboxylic acids is 1. The molecule has 2 aromatic rings. The minimum atomic E-state index is -0.866. The van der Waals surface area contributed by atoms with E-state index in [1.165, 1.54) is 9.56 Å². The summed E-state index contributed by atoms with van der Waals surface area (Å²) in [7, 11) is 0. The fourth-order valence-electron chi connectivity index (χ4n) is 2.92. The smallest absolute Gasteiger partial charge is 0.325 e. The van der Waals surface area contributed by atoms with E-state index in [2.05, 4.69) is 16.1 Å². The van der Waals surface area contributed by atoms with Crippen molar-refractivity contribution in [2.24, 2.45) is 0 Å². The van der Waals surface area contributed by atoms with Gasteiger partial charge in [-0.05, 0) is 37.6 Å². The second-order valence-electron chi connectivity index (χ2n) is 5.61. The van der Waals surface area contributed by atoms with Gasteiger partial charge in [0.05, 0.1) is 10.0 Å². The number of likely N-dealkylation sites (tertiary alicyclic amines) is 1. The second-order valence-corrected chi connectivity index (χ2v) is 7.41. The normalized spacial score (nSPS) is 19.4. The predicted molar refractivity (Wildman–Crippen MR) is 86.4 cm³/mol. The van der Waals surface area contributed by atoms with Gasteiger partial charge < -0.3 is 5.11 Å². The lowest BCUT2D eigenvalue weighted by molar-refractivity contribution is -0.137. The number of carboxylic acid groups (broad SMARTS) is 1. The molecule has 0 aromatic carbocycles. The van der Waals surface area contributed by atoms with Gasteiger partial charge >= 0.3 is 5.97 Å².